The second-order valence-electron chi connectivity index (χ2n) is 3.03. The first-order valence-electron chi connectivity index (χ1n) is 4.44. The number of hydrogen-bond donors (Lipinski definition) is 0. The fourth-order valence-corrected chi connectivity index (χ4v) is 1.38. The number of nitrogens with zero attached hydrogens (tertiary/aromatic N) is 1. The molecule has 0 amide bonds. The lowest BCUT2D eigenvalue weighted by Gasteiger charge is -2.25. The van der Waals surface area contributed by atoms with Gasteiger partial charge >= 0.3 is 5.97 Å². The van der Waals surface area contributed by atoms with Crippen molar-refractivity contribution in [2.75, 3.05) is 26.7 Å². The van der Waals surface area contributed by atoms with Crippen LogP contribution in [0.25, 0.3) is 0 Å². The van der Waals surface area contributed by atoms with E-state index < -0.39 is 0 Å². The van der Waals surface area contributed by atoms with Crippen LogP contribution in [0.2, 0.25) is 0 Å². The highest BCUT2D eigenvalue weighted by molar-refractivity contribution is 5.69. The van der Waals surface area contributed by atoms with Gasteiger partial charge in [0.25, 0.3) is 0 Å². The minimum Gasteiger partial charge on any atom is -0.469 e. The molecular weight excluding hydrogens is 154 g/mol. The van der Waals surface area contributed by atoms with Crippen LogP contribution in [0, 0.1) is 6.42 Å². The maximum absolute atomic E-state index is 10.8. The summed E-state index contributed by atoms with van der Waals surface area (Å²) in [4.78, 5) is 13.1. The first-order valence-corrected chi connectivity index (χ1v) is 4.44. The van der Waals surface area contributed by atoms with Gasteiger partial charge in [-0.1, -0.05) is 0 Å². The molecule has 0 aliphatic carbocycles. The van der Waals surface area contributed by atoms with Gasteiger partial charge in [-0.3, -0.25) is 4.79 Å². The van der Waals surface area contributed by atoms with Gasteiger partial charge in [-0.05, 0) is 32.4 Å². The van der Waals surface area contributed by atoms with Crippen LogP contribution in [-0.4, -0.2) is 37.6 Å². The Balaban J connectivity index is 2.09. The SMILES string of the molecule is COC(=O)CCN1CC[CH]CC1. The van der Waals surface area contributed by atoms with Crippen molar-refractivity contribution in [3.63, 3.8) is 0 Å². The number of esters is 1. The molecule has 0 bridgehead atoms. The first-order chi connectivity index (χ1) is 5.83. The van der Waals surface area contributed by atoms with Gasteiger partial charge in [-0.2, -0.15) is 0 Å². The molecule has 1 saturated heterocycles. The number of ether oxygens (including phenoxy) is 1. The number of hydrogen-bond acceptors (Lipinski definition) is 3. The van der Waals surface area contributed by atoms with Gasteiger partial charge in [0.05, 0.1) is 13.5 Å². The number of rotatable bonds is 3. The summed E-state index contributed by atoms with van der Waals surface area (Å²) in [5, 5.41) is 0. The normalized spacial score (nSPS) is 19.1. The highest BCUT2D eigenvalue weighted by atomic mass is 16.5. The first kappa shape index (κ1) is 9.52. The van der Waals surface area contributed by atoms with Crippen molar-refractivity contribution in [2.45, 2.75) is 19.3 Å². The highest BCUT2D eigenvalue weighted by Crippen LogP contribution is 2.07. The zero-order valence-electron chi connectivity index (χ0n) is 7.58. The van der Waals surface area contributed by atoms with Crippen molar-refractivity contribution in [3.8, 4) is 0 Å². The summed E-state index contributed by atoms with van der Waals surface area (Å²) in [6, 6.07) is 0. The summed E-state index contributed by atoms with van der Waals surface area (Å²) in [6.07, 6.45) is 5.13. The van der Waals surface area contributed by atoms with E-state index in [1.807, 2.05) is 0 Å². The number of likely N-dealkylation sites (tertiary alicyclic amines) is 1. The van der Waals surface area contributed by atoms with Crippen molar-refractivity contribution < 1.29 is 9.53 Å². The molecule has 0 N–H and O–H groups in total. The van der Waals surface area contributed by atoms with Crippen LogP contribution in [0.1, 0.15) is 19.3 Å². The lowest BCUT2D eigenvalue weighted by molar-refractivity contribution is -0.141. The van der Waals surface area contributed by atoms with Crippen LogP contribution < -0.4 is 0 Å². The largest absolute Gasteiger partial charge is 0.469 e. The second kappa shape index (κ2) is 5.14. The number of carbonyl (C=O) groups excluding carboxylic acids is 1. The maximum Gasteiger partial charge on any atom is 0.306 e. The Morgan fingerprint density at radius 2 is 2.17 bits per heavy atom. The summed E-state index contributed by atoms with van der Waals surface area (Å²) in [7, 11) is 1.44. The van der Waals surface area contributed by atoms with E-state index in [0.29, 0.717) is 6.42 Å². The predicted octanol–water partition coefficient (Wildman–Crippen LogP) is 0.850. The van der Waals surface area contributed by atoms with Crippen LogP contribution in [0.15, 0.2) is 0 Å². The standard InChI is InChI=1S/C9H16NO2/c1-12-9(11)5-8-10-6-3-2-4-7-10/h2H,3-8H2,1H3. The van der Waals surface area contributed by atoms with Crippen molar-refractivity contribution in [3.05, 3.63) is 6.42 Å². The molecule has 0 aromatic carbocycles. The smallest absolute Gasteiger partial charge is 0.306 e. The average molecular weight is 170 g/mol. The van der Waals surface area contributed by atoms with E-state index >= 15 is 0 Å². The van der Waals surface area contributed by atoms with Gasteiger partial charge in [-0.25, -0.2) is 0 Å². The van der Waals surface area contributed by atoms with E-state index in [9.17, 15) is 4.79 Å². The zero-order valence-corrected chi connectivity index (χ0v) is 7.58. The Morgan fingerprint density at radius 3 is 2.75 bits per heavy atom. The quantitative estimate of drug-likeness (QED) is 0.588. The van der Waals surface area contributed by atoms with Gasteiger partial charge in [-0.15, -0.1) is 0 Å². The van der Waals surface area contributed by atoms with E-state index in [4.69, 9.17) is 0 Å². The third-order valence-electron chi connectivity index (χ3n) is 2.16. The molecule has 1 heterocycles. The lowest BCUT2D eigenvalue weighted by Crippen LogP contribution is -2.32. The molecule has 1 rings (SSSR count). The van der Waals surface area contributed by atoms with Crippen molar-refractivity contribution >= 4 is 5.97 Å². The van der Waals surface area contributed by atoms with Gasteiger partial charge in [0.1, 0.15) is 0 Å². The van der Waals surface area contributed by atoms with Crippen molar-refractivity contribution in [2.24, 2.45) is 0 Å². The van der Waals surface area contributed by atoms with Crippen LogP contribution >= 0.6 is 0 Å². The van der Waals surface area contributed by atoms with Gasteiger partial charge in [0, 0.05) is 6.54 Å². The molecular formula is C9H16NO2. The zero-order chi connectivity index (χ0) is 8.81. The Bertz CT molecular complexity index is 141. The molecule has 3 nitrogen and oxygen atoms in total. The highest BCUT2D eigenvalue weighted by Gasteiger charge is 2.11. The monoisotopic (exact) mass is 170 g/mol. The number of carbonyl (C=O) groups is 1. The van der Waals surface area contributed by atoms with Crippen molar-refractivity contribution in [1.29, 1.82) is 0 Å². The van der Waals surface area contributed by atoms with Gasteiger partial charge < -0.3 is 9.64 Å². The summed E-state index contributed by atoms with van der Waals surface area (Å²) in [5.74, 6) is -0.107. The van der Waals surface area contributed by atoms with Crippen LogP contribution in [-0.2, 0) is 9.53 Å². The third-order valence-corrected chi connectivity index (χ3v) is 2.16. The molecule has 0 aromatic rings. The molecule has 0 unspecified atom stereocenters. The molecule has 0 aromatic heterocycles. The van der Waals surface area contributed by atoms with E-state index in [2.05, 4.69) is 16.1 Å². The average Bonchev–Trinajstić information content (AvgIpc) is 2.16. The molecule has 1 fully saturated rings. The molecule has 0 spiro atoms. The third kappa shape index (κ3) is 3.22. The summed E-state index contributed by atoms with van der Waals surface area (Å²) < 4.78 is 4.57. The summed E-state index contributed by atoms with van der Waals surface area (Å²) in [6.45, 7) is 3.04. The minimum atomic E-state index is -0.107. The molecule has 1 aliphatic heterocycles. The fraction of sp³-hybridized carbons (Fsp3) is 0.778. The Labute approximate surface area is 73.7 Å². The second-order valence-corrected chi connectivity index (χ2v) is 3.03. The number of methoxy groups -OCH3 is 1. The molecule has 3 heteroatoms. The van der Waals surface area contributed by atoms with Crippen molar-refractivity contribution in [1.82, 2.24) is 4.90 Å². The molecule has 1 aliphatic rings. The molecule has 0 saturated carbocycles. The summed E-state index contributed by atoms with van der Waals surface area (Å²) in [5.41, 5.74) is 0. The minimum absolute atomic E-state index is 0.107. The van der Waals surface area contributed by atoms with E-state index in [0.717, 1.165) is 32.5 Å². The maximum atomic E-state index is 10.8. The van der Waals surface area contributed by atoms with E-state index in [1.54, 1.807) is 0 Å². The Kier molecular flexibility index (Phi) is 4.08. The summed E-state index contributed by atoms with van der Waals surface area (Å²) >= 11 is 0. The molecule has 0 atom stereocenters. The van der Waals surface area contributed by atoms with E-state index in [-0.39, 0.29) is 5.97 Å². The molecule has 12 heavy (non-hydrogen) atoms. The molecule has 1 radical (unpaired) electrons. The Morgan fingerprint density at radius 1 is 1.50 bits per heavy atom. The van der Waals surface area contributed by atoms with Crippen LogP contribution in [0.4, 0.5) is 0 Å². The van der Waals surface area contributed by atoms with E-state index in [1.165, 1.54) is 7.11 Å². The number of piperidine rings is 1. The Hall–Kier alpha value is -0.570. The van der Waals surface area contributed by atoms with Crippen LogP contribution in [0.3, 0.4) is 0 Å². The lowest BCUT2D eigenvalue weighted by atomic mass is 10.1. The van der Waals surface area contributed by atoms with Gasteiger partial charge in [0.2, 0.25) is 0 Å². The van der Waals surface area contributed by atoms with Gasteiger partial charge in [0.15, 0.2) is 0 Å². The topological polar surface area (TPSA) is 29.5 Å². The van der Waals surface area contributed by atoms with Crippen LogP contribution in [0.5, 0.6) is 0 Å². The molecule has 69 valence electrons. The fourth-order valence-electron chi connectivity index (χ4n) is 1.38. The predicted molar refractivity (Wildman–Crippen MR) is 46.6 cm³/mol.